The molecule has 0 spiro atoms. The normalized spacial score (nSPS) is 11.2. The van der Waals surface area contributed by atoms with E-state index in [1.807, 2.05) is 19.0 Å². The third-order valence-corrected chi connectivity index (χ3v) is 3.04. The largest absolute Gasteiger partial charge is 0.469 e. The van der Waals surface area contributed by atoms with E-state index in [0.29, 0.717) is 28.6 Å². The van der Waals surface area contributed by atoms with Crippen LogP contribution in [0.2, 0.25) is 5.02 Å². The smallest absolute Gasteiger partial charge is 0.215 e. The van der Waals surface area contributed by atoms with E-state index in [-0.39, 0.29) is 5.78 Å². The average molecular weight is 282 g/mol. The van der Waals surface area contributed by atoms with Gasteiger partial charge in [-0.05, 0) is 27.1 Å². The number of furan rings is 1. The van der Waals surface area contributed by atoms with E-state index in [1.54, 1.807) is 17.7 Å². The minimum atomic E-state index is -0.168. The Morgan fingerprint density at radius 3 is 2.84 bits per heavy atom. The Bertz CT molecular complexity index is 586. The molecule has 0 aromatic carbocycles. The minimum Gasteiger partial charge on any atom is -0.469 e. The molecule has 0 aliphatic heterocycles. The highest BCUT2D eigenvalue weighted by Crippen LogP contribution is 2.20. The molecule has 0 bridgehead atoms. The molecule has 2 aromatic rings. The molecule has 0 saturated heterocycles. The number of aromatic nitrogens is 2. The van der Waals surface area contributed by atoms with Crippen LogP contribution in [0.25, 0.3) is 0 Å². The van der Waals surface area contributed by atoms with Crippen molar-refractivity contribution in [3.8, 4) is 0 Å². The lowest BCUT2D eigenvalue weighted by molar-refractivity contribution is 0.102. The minimum absolute atomic E-state index is 0.168. The Morgan fingerprint density at radius 1 is 1.53 bits per heavy atom. The highest BCUT2D eigenvalue weighted by atomic mass is 35.5. The van der Waals surface area contributed by atoms with Crippen LogP contribution in [0.15, 0.2) is 22.9 Å². The fourth-order valence-electron chi connectivity index (χ4n) is 1.75. The summed E-state index contributed by atoms with van der Waals surface area (Å²) in [6.45, 7) is 3.18. The summed E-state index contributed by atoms with van der Waals surface area (Å²) in [5.74, 6) is 0.525. The second-order valence-electron chi connectivity index (χ2n) is 4.64. The molecule has 5 nitrogen and oxygen atoms in total. The molecule has 19 heavy (non-hydrogen) atoms. The lowest BCUT2D eigenvalue weighted by atomic mass is 10.1. The summed E-state index contributed by atoms with van der Waals surface area (Å²) >= 11 is 6.06. The van der Waals surface area contributed by atoms with Crippen molar-refractivity contribution in [1.82, 2.24) is 14.7 Å². The summed E-state index contributed by atoms with van der Waals surface area (Å²) in [7, 11) is 3.93. The SMILES string of the molecule is Cc1cc(C(=O)c2c(Cl)cnn2CCN(C)C)co1. The van der Waals surface area contributed by atoms with Gasteiger partial charge in [0, 0.05) is 6.54 Å². The molecule has 0 radical (unpaired) electrons. The number of hydrogen-bond donors (Lipinski definition) is 0. The van der Waals surface area contributed by atoms with Crippen LogP contribution in [0.4, 0.5) is 0 Å². The fourth-order valence-corrected chi connectivity index (χ4v) is 1.98. The van der Waals surface area contributed by atoms with Crippen LogP contribution in [0.5, 0.6) is 0 Å². The Morgan fingerprint density at radius 2 is 2.26 bits per heavy atom. The van der Waals surface area contributed by atoms with Crippen molar-refractivity contribution in [3.63, 3.8) is 0 Å². The zero-order valence-electron chi connectivity index (χ0n) is 11.2. The van der Waals surface area contributed by atoms with Crippen LogP contribution >= 0.6 is 11.6 Å². The van der Waals surface area contributed by atoms with Crippen molar-refractivity contribution in [3.05, 3.63) is 40.6 Å². The van der Waals surface area contributed by atoms with Crippen molar-refractivity contribution in [2.75, 3.05) is 20.6 Å². The van der Waals surface area contributed by atoms with E-state index in [4.69, 9.17) is 16.0 Å². The molecule has 0 N–H and O–H groups in total. The molecule has 2 heterocycles. The van der Waals surface area contributed by atoms with E-state index < -0.39 is 0 Å². The Kier molecular flexibility index (Phi) is 4.07. The number of nitrogens with zero attached hydrogens (tertiary/aromatic N) is 3. The van der Waals surface area contributed by atoms with Crippen LogP contribution in [-0.4, -0.2) is 41.1 Å². The topological polar surface area (TPSA) is 51.3 Å². The van der Waals surface area contributed by atoms with Gasteiger partial charge in [0.1, 0.15) is 17.7 Å². The molecule has 0 aliphatic rings. The zero-order chi connectivity index (χ0) is 14.0. The van der Waals surface area contributed by atoms with Crippen LogP contribution in [-0.2, 0) is 6.54 Å². The third-order valence-electron chi connectivity index (χ3n) is 2.76. The van der Waals surface area contributed by atoms with Crippen molar-refractivity contribution in [1.29, 1.82) is 0 Å². The number of ketones is 1. The molecule has 2 rings (SSSR count). The lowest BCUT2D eigenvalue weighted by Gasteiger charge is -2.11. The van der Waals surface area contributed by atoms with Gasteiger partial charge in [0.15, 0.2) is 0 Å². The van der Waals surface area contributed by atoms with Crippen LogP contribution in [0.3, 0.4) is 0 Å². The Labute approximate surface area is 116 Å². The first-order chi connectivity index (χ1) is 8.99. The molecule has 0 unspecified atom stereocenters. The first-order valence-corrected chi connectivity index (χ1v) is 6.32. The van der Waals surface area contributed by atoms with E-state index >= 15 is 0 Å². The van der Waals surface area contributed by atoms with Crippen molar-refractivity contribution >= 4 is 17.4 Å². The summed E-state index contributed by atoms with van der Waals surface area (Å²) in [4.78, 5) is 14.4. The number of halogens is 1. The molecular formula is C13H16ClN3O2. The van der Waals surface area contributed by atoms with E-state index in [0.717, 1.165) is 6.54 Å². The number of rotatable bonds is 5. The van der Waals surface area contributed by atoms with Gasteiger partial charge >= 0.3 is 0 Å². The highest BCUT2D eigenvalue weighted by molar-refractivity contribution is 6.34. The summed E-state index contributed by atoms with van der Waals surface area (Å²) in [6, 6.07) is 1.70. The predicted octanol–water partition coefficient (Wildman–Crippen LogP) is 2.23. The zero-order valence-corrected chi connectivity index (χ0v) is 11.9. The standard InChI is InChI=1S/C13H16ClN3O2/c1-9-6-10(8-19-9)13(18)12-11(14)7-15-17(12)5-4-16(2)3/h6-8H,4-5H2,1-3H3. The maximum atomic E-state index is 12.4. The van der Waals surface area contributed by atoms with Gasteiger partial charge in [0.05, 0.1) is 23.3 Å². The van der Waals surface area contributed by atoms with Crippen LogP contribution in [0, 0.1) is 6.92 Å². The molecule has 0 saturated carbocycles. The van der Waals surface area contributed by atoms with Gasteiger partial charge in [-0.1, -0.05) is 11.6 Å². The molecule has 0 amide bonds. The predicted molar refractivity (Wildman–Crippen MR) is 72.7 cm³/mol. The molecule has 102 valence electrons. The summed E-state index contributed by atoms with van der Waals surface area (Å²) in [5, 5.41) is 4.51. The lowest BCUT2D eigenvalue weighted by Crippen LogP contribution is -2.21. The number of carbonyl (C=O) groups is 1. The maximum Gasteiger partial charge on any atom is 0.215 e. The van der Waals surface area contributed by atoms with Crippen molar-refractivity contribution in [2.24, 2.45) is 0 Å². The average Bonchev–Trinajstić information content (AvgIpc) is 2.92. The number of hydrogen-bond acceptors (Lipinski definition) is 4. The second-order valence-corrected chi connectivity index (χ2v) is 5.05. The van der Waals surface area contributed by atoms with E-state index in [2.05, 4.69) is 5.10 Å². The van der Waals surface area contributed by atoms with Crippen LogP contribution < -0.4 is 0 Å². The van der Waals surface area contributed by atoms with Gasteiger partial charge in [-0.3, -0.25) is 9.48 Å². The monoisotopic (exact) mass is 281 g/mol. The Hall–Kier alpha value is -1.59. The van der Waals surface area contributed by atoms with E-state index in [1.165, 1.54) is 12.5 Å². The summed E-state index contributed by atoms with van der Waals surface area (Å²) in [5.41, 5.74) is 0.898. The van der Waals surface area contributed by atoms with Crippen molar-refractivity contribution in [2.45, 2.75) is 13.5 Å². The quantitative estimate of drug-likeness (QED) is 0.789. The number of carbonyl (C=O) groups excluding carboxylic acids is 1. The van der Waals surface area contributed by atoms with Gasteiger partial charge in [-0.15, -0.1) is 0 Å². The highest BCUT2D eigenvalue weighted by Gasteiger charge is 2.20. The third kappa shape index (κ3) is 3.05. The number of likely N-dealkylation sites (N-methyl/N-ethyl adjacent to an activating group) is 1. The van der Waals surface area contributed by atoms with Gasteiger partial charge in [0.25, 0.3) is 0 Å². The maximum absolute atomic E-state index is 12.4. The molecular weight excluding hydrogens is 266 g/mol. The second kappa shape index (κ2) is 5.59. The molecule has 0 fully saturated rings. The van der Waals surface area contributed by atoms with E-state index in [9.17, 15) is 4.79 Å². The van der Waals surface area contributed by atoms with Crippen LogP contribution in [0.1, 0.15) is 21.8 Å². The Balaban J connectivity index is 2.28. The molecule has 2 aromatic heterocycles. The molecule has 0 aliphatic carbocycles. The van der Waals surface area contributed by atoms with Crippen molar-refractivity contribution < 1.29 is 9.21 Å². The van der Waals surface area contributed by atoms with Gasteiger partial charge in [-0.25, -0.2) is 0 Å². The summed E-state index contributed by atoms with van der Waals surface area (Å²) in [6.07, 6.45) is 2.94. The molecule has 6 heteroatoms. The fraction of sp³-hybridized carbons (Fsp3) is 0.385. The first kappa shape index (κ1) is 13.8. The molecule has 0 atom stereocenters. The first-order valence-electron chi connectivity index (χ1n) is 5.95. The summed E-state index contributed by atoms with van der Waals surface area (Å²) < 4.78 is 6.79. The van der Waals surface area contributed by atoms with Gasteiger partial charge < -0.3 is 9.32 Å². The van der Waals surface area contributed by atoms with Gasteiger partial charge in [0.2, 0.25) is 5.78 Å². The van der Waals surface area contributed by atoms with Gasteiger partial charge in [-0.2, -0.15) is 5.10 Å². The number of aryl methyl sites for hydroxylation is 1.